The summed E-state index contributed by atoms with van der Waals surface area (Å²) >= 11 is 5.89. The van der Waals surface area contributed by atoms with Crippen molar-refractivity contribution in [2.75, 3.05) is 11.9 Å². The van der Waals surface area contributed by atoms with Gasteiger partial charge in [0.1, 0.15) is 12.1 Å². The summed E-state index contributed by atoms with van der Waals surface area (Å²) in [6.07, 6.45) is 0. The summed E-state index contributed by atoms with van der Waals surface area (Å²) in [5, 5.41) is 5.96. The van der Waals surface area contributed by atoms with E-state index in [4.69, 9.17) is 11.6 Å². The highest BCUT2D eigenvalue weighted by molar-refractivity contribution is 6.30. The largest absolute Gasteiger partial charge is 0.325 e. The normalized spacial score (nSPS) is 19.2. The van der Waals surface area contributed by atoms with Crippen molar-refractivity contribution in [2.24, 2.45) is 0 Å². The Morgan fingerprint density at radius 2 is 1.81 bits per heavy atom. The second-order valence-corrected chi connectivity index (χ2v) is 7.26. The van der Waals surface area contributed by atoms with Crippen LogP contribution in [0.5, 0.6) is 0 Å². The molecule has 1 saturated heterocycles. The topological polar surface area (TPSA) is 78.5 Å². The van der Waals surface area contributed by atoms with Gasteiger partial charge in [-0.3, -0.25) is 14.5 Å². The molecule has 1 atom stereocenters. The van der Waals surface area contributed by atoms with Crippen LogP contribution in [0.3, 0.4) is 0 Å². The number of nitrogens with zero attached hydrogens (tertiary/aromatic N) is 1. The third kappa shape index (κ3) is 3.66. The molecule has 140 valence electrons. The number of anilines is 1. The molecular formula is C20H20ClN3O3. The minimum Gasteiger partial charge on any atom is -0.324 e. The molecule has 1 heterocycles. The Bertz CT molecular complexity index is 927. The maximum Gasteiger partial charge on any atom is 0.325 e. The van der Waals surface area contributed by atoms with Gasteiger partial charge in [-0.05, 0) is 55.7 Å². The predicted octanol–water partition coefficient (Wildman–Crippen LogP) is 3.36. The second kappa shape index (κ2) is 7.04. The van der Waals surface area contributed by atoms with Gasteiger partial charge in [0.2, 0.25) is 5.91 Å². The van der Waals surface area contributed by atoms with Gasteiger partial charge in [0, 0.05) is 10.7 Å². The van der Waals surface area contributed by atoms with Gasteiger partial charge in [0.25, 0.3) is 5.91 Å². The van der Waals surface area contributed by atoms with Gasteiger partial charge in [-0.25, -0.2) is 4.79 Å². The Morgan fingerprint density at radius 1 is 1.15 bits per heavy atom. The fraction of sp³-hybridized carbons (Fsp3) is 0.250. The maximum absolute atomic E-state index is 12.9. The second-order valence-electron chi connectivity index (χ2n) is 6.82. The van der Waals surface area contributed by atoms with Crippen LogP contribution in [0.15, 0.2) is 42.5 Å². The van der Waals surface area contributed by atoms with Crippen LogP contribution < -0.4 is 10.6 Å². The van der Waals surface area contributed by atoms with E-state index in [9.17, 15) is 14.4 Å². The van der Waals surface area contributed by atoms with Crippen molar-refractivity contribution in [3.05, 3.63) is 64.2 Å². The van der Waals surface area contributed by atoms with E-state index in [0.29, 0.717) is 16.3 Å². The van der Waals surface area contributed by atoms with Gasteiger partial charge in [0.05, 0.1) is 0 Å². The number of carbonyl (C=O) groups excluding carboxylic acids is 3. The summed E-state index contributed by atoms with van der Waals surface area (Å²) < 4.78 is 0. The maximum atomic E-state index is 12.9. The molecule has 0 spiro atoms. The minimum absolute atomic E-state index is 0.360. The highest BCUT2D eigenvalue weighted by atomic mass is 35.5. The monoisotopic (exact) mass is 385 g/mol. The molecule has 0 bridgehead atoms. The Hall–Kier alpha value is -2.86. The van der Waals surface area contributed by atoms with Crippen molar-refractivity contribution in [1.29, 1.82) is 0 Å². The molecule has 1 fully saturated rings. The number of rotatable bonds is 4. The number of hydrogen-bond acceptors (Lipinski definition) is 3. The zero-order valence-corrected chi connectivity index (χ0v) is 16.1. The van der Waals surface area contributed by atoms with Crippen molar-refractivity contribution >= 4 is 35.1 Å². The molecule has 0 radical (unpaired) electrons. The fourth-order valence-corrected chi connectivity index (χ4v) is 3.15. The van der Waals surface area contributed by atoms with Crippen molar-refractivity contribution in [2.45, 2.75) is 26.3 Å². The smallest absolute Gasteiger partial charge is 0.324 e. The molecule has 0 saturated carbocycles. The first-order valence-electron chi connectivity index (χ1n) is 8.48. The molecule has 0 aliphatic carbocycles. The van der Waals surface area contributed by atoms with Gasteiger partial charge in [-0.15, -0.1) is 0 Å². The molecule has 1 aliphatic rings. The van der Waals surface area contributed by atoms with Crippen molar-refractivity contribution in [3.63, 3.8) is 0 Å². The van der Waals surface area contributed by atoms with Crippen LogP contribution in [0, 0.1) is 13.8 Å². The van der Waals surface area contributed by atoms with Crippen LogP contribution in [-0.2, 0) is 15.1 Å². The van der Waals surface area contributed by atoms with E-state index in [0.717, 1.165) is 16.0 Å². The third-order valence-electron chi connectivity index (χ3n) is 4.67. The summed E-state index contributed by atoms with van der Waals surface area (Å²) in [6.45, 7) is 5.05. The van der Waals surface area contributed by atoms with Crippen LogP contribution in [0.4, 0.5) is 10.5 Å². The lowest BCUT2D eigenvalue weighted by molar-refractivity contribution is -0.133. The molecular weight excluding hydrogens is 366 g/mol. The summed E-state index contributed by atoms with van der Waals surface area (Å²) in [5.41, 5.74) is 1.93. The molecule has 1 unspecified atom stereocenters. The SMILES string of the molecule is Cc1ccc(C)c(NC(=O)CN2C(=O)NC(C)(c3ccc(Cl)cc3)C2=O)c1. The first-order valence-corrected chi connectivity index (χ1v) is 8.86. The van der Waals surface area contributed by atoms with E-state index in [1.807, 2.05) is 32.0 Å². The highest BCUT2D eigenvalue weighted by Gasteiger charge is 2.49. The minimum atomic E-state index is -1.23. The van der Waals surface area contributed by atoms with E-state index < -0.39 is 23.4 Å². The molecule has 6 nitrogen and oxygen atoms in total. The van der Waals surface area contributed by atoms with Gasteiger partial charge in [0.15, 0.2) is 0 Å². The Labute approximate surface area is 162 Å². The van der Waals surface area contributed by atoms with E-state index in [-0.39, 0.29) is 6.54 Å². The van der Waals surface area contributed by atoms with Crippen molar-refractivity contribution in [3.8, 4) is 0 Å². The highest BCUT2D eigenvalue weighted by Crippen LogP contribution is 2.29. The van der Waals surface area contributed by atoms with Crippen LogP contribution in [0.25, 0.3) is 0 Å². The molecule has 2 aromatic rings. The molecule has 1 aliphatic heterocycles. The number of amides is 4. The van der Waals surface area contributed by atoms with Crippen molar-refractivity contribution < 1.29 is 14.4 Å². The Balaban J connectivity index is 1.76. The molecule has 0 aromatic heterocycles. The summed E-state index contributed by atoms with van der Waals surface area (Å²) in [4.78, 5) is 38.5. The molecule has 4 amide bonds. The van der Waals surface area contributed by atoms with E-state index >= 15 is 0 Å². The Kier molecular flexibility index (Phi) is 4.93. The zero-order chi connectivity index (χ0) is 19.8. The lowest BCUT2D eigenvalue weighted by Crippen LogP contribution is -2.42. The van der Waals surface area contributed by atoms with Crippen LogP contribution in [0.1, 0.15) is 23.6 Å². The number of hydrogen-bond donors (Lipinski definition) is 2. The Morgan fingerprint density at radius 3 is 2.48 bits per heavy atom. The van der Waals surface area contributed by atoms with Crippen LogP contribution >= 0.6 is 11.6 Å². The number of benzene rings is 2. The van der Waals surface area contributed by atoms with Gasteiger partial charge >= 0.3 is 6.03 Å². The van der Waals surface area contributed by atoms with Gasteiger partial charge in [-0.1, -0.05) is 35.9 Å². The van der Waals surface area contributed by atoms with Gasteiger partial charge < -0.3 is 10.6 Å². The number of carbonyl (C=O) groups is 3. The number of halogens is 1. The molecule has 2 aromatic carbocycles. The standard InChI is InChI=1S/C20H20ClN3O3/c1-12-4-5-13(2)16(10-12)22-17(25)11-24-18(26)20(3,23-19(24)27)14-6-8-15(21)9-7-14/h4-10H,11H2,1-3H3,(H,22,25)(H,23,27). The quantitative estimate of drug-likeness (QED) is 0.792. The third-order valence-corrected chi connectivity index (χ3v) is 4.92. The lowest BCUT2D eigenvalue weighted by atomic mass is 9.92. The average molecular weight is 386 g/mol. The van der Waals surface area contributed by atoms with Crippen molar-refractivity contribution in [1.82, 2.24) is 10.2 Å². The predicted molar refractivity (Wildman–Crippen MR) is 104 cm³/mol. The number of imide groups is 1. The lowest BCUT2D eigenvalue weighted by Gasteiger charge is -2.22. The van der Waals surface area contributed by atoms with Crippen LogP contribution in [-0.4, -0.2) is 29.3 Å². The number of nitrogens with one attached hydrogen (secondary N) is 2. The summed E-state index contributed by atoms with van der Waals surface area (Å²) in [7, 11) is 0. The number of urea groups is 1. The zero-order valence-electron chi connectivity index (χ0n) is 15.3. The number of aryl methyl sites for hydroxylation is 2. The molecule has 3 rings (SSSR count). The van der Waals surface area contributed by atoms with E-state index in [2.05, 4.69) is 10.6 Å². The molecule has 7 heteroatoms. The van der Waals surface area contributed by atoms with Gasteiger partial charge in [-0.2, -0.15) is 0 Å². The molecule has 27 heavy (non-hydrogen) atoms. The first kappa shape index (κ1) is 18.9. The summed E-state index contributed by atoms with van der Waals surface area (Å²) in [5.74, 6) is -0.918. The average Bonchev–Trinajstić information content (AvgIpc) is 2.83. The first-order chi connectivity index (χ1) is 12.7. The van der Waals surface area contributed by atoms with E-state index in [1.54, 1.807) is 31.2 Å². The fourth-order valence-electron chi connectivity index (χ4n) is 3.02. The van der Waals surface area contributed by atoms with E-state index in [1.165, 1.54) is 0 Å². The molecule has 2 N–H and O–H groups in total. The van der Waals surface area contributed by atoms with Crippen LogP contribution in [0.2, 0.25) is 5.02 Å². The summed E-state index contributed by atoms with van der Waals surface area (Å²) in [6, 6.07) is 11.7.